The normalized spacial score (nSPS) is 15.7. The lowest BCUT2D eigenvalue weighted by Gasteiger charge is -2.14. The van der Waals surface area contributed by atoms with Gasteiger partial charge in [-0.2, -0.15) is 5.26 Å². The number of hydrogen-bond acceptors (Lipinski definition) is 6. The van der Waals surface area contributed by atoms with E-state index >= 15 is 0 Å². The minimum atomic E-state index is -0.667. The number of carbonyl (C=O) groups is 2. The number of para-hydroxylation sites is 1. The van der Waals surface area contributed by atoms with Gasteiger partial charge in [0.25, 0.3) is 0 Å². The number of aryl methyl sites for hydroxylation is 1. The Balaban J connectivity index is 1.53. The highest BCUT2D eigenvalue weighted by Crippen LogP contribution is 2.21. The van der Waals surface area contributed by atoms with Crippen LogP contribution in [0.3, 0.4) is 0 Å². The van der Waals surface area contributed by atoms with Crippen LogP contribution in [-0.2, 0) is 20.8 Å². The fourth-order valence-electron chi connectivity index (χ4n) is 3.44. The van der Waals surface area contributed by atoms with Crippen molar-refractivity contribution < 1.29 is 23.8 Å². The number of nitriles is 1. The Morgan fingerprint density at radius 2 is 2.07 bits per heavy atom. The first-order valence-corrected chi connectivity index (χ1v) is 9.58. The van der Waals surface area contributed by atoms with Crippen molar-refractivity contribution in [1.29, 1.82) is 5.26 Å². The van der Waals surface area contributed by atoms with Gasteiger partial charge in [-0.15, -0.1) is 0 Å². The molecule has 2 heterocycles. The molecule has 152 valence electrons. The maximum Gasteiger partial charge on any atom is 0.344 e. The highest BCUT2D eigenvalue weighted by atomic mass is 16.6. The molecule has 0 N–H and O–H groups in total. The third kappa shape index (κ3) is 5.04. The topological polar surface area (TPSA) is 90.6 Å². The van der Waals surface area contributed by atoms with Crippen LogP contribution in [0.25, 0.3) is 0 Å². The van der Waals surface area contributed by atoms with Crippen molar-refractivity contribution in [3.63, 3.8) is 0 Å². The summed E-state index contributed by atoms with van der Waals surface area (Å²) in [4.78, 5) is 24.5. The van der Waals surface area contributed by atoms with Crippen LogP contribution in [0.15, 0.2) is 30.3 Å². The van der Waals surface area contributed by atoms with Gasteiger partial charge in [-0.1, -0.05) is 12.1 Å². The summed E-state index contributed by atoms with van der Waals surface area (Å²) < 4.78 is 18.1. The summed E-state index contributed by atoms with van der Waals surface area (Å²) in [7, 11) is 0. The summed E-state index contributed by atoms with van der Waals surface area (Å²) in [5.41, 5.74) is 2.70. The van der Waals surface area contributed by atoms with Crippen LogP contribution in [0, 0.1) is 25.2 Å². The third-order valence-electron chi connectivity index (χ3n) is 5.00. The van der Waals surface area contributed by atoms with Crippen molar-refractivity contribution in [2.24, 2.45) is 0 Å². The summed E-state index contributed by atoms with van der Waals surface area (Å²) in [5, 5.41) is 9.03. The Hall–Kier alpha value is -3.11. The Labute approximate surface area is 169 Å². The molecular weight excluding hydrogens is 372 g/mol. The van der Waals surface area contributed by atoms with Crippen LogP contribution in [0.1, 0.15) is 40.2 Å². The summed E-state index contributed by atoms with van der Waals surface area (Å²) >= 11 is 0. The summed E-state index contributed by atoms with van der Waals surface area (Å²) in [6.07, 6.45) is 2.26. The van der Waals surface area contributed by atoms with E-state index in [0.717, 1.165) is 37.4 Å². The Kier molecular flexibility index (Phi) is 6.68. The smallest absolute Gasteiger partial charge is 0.344 e. The van der Waals surface area contributed by atoms with Crippen LogP contribution in [0.2, 0.25) is 0 Å². The van der Waals surface area contributed by atoms with Crippen molar-refractivity contribution in [3.8, 4) is 11.8 Å². The van der Waals surface area contributed by atoms with Crippen LogP contribution in [-0.4, -0.2) is 42.2 Å². The van der Waals surface area contributed by atoms with E-state index in [9.17, 15) is 9.59 Å². The Morgan fingerprint density at radius 3 is 2.79 bits per heavy atom. The number of carbonyl (C=O) groups excluding carboxylic acids is 2. The minimum Gasteiger partial charge on any atom is -0.481 e. The van der Waals surface area contributed by atoms with E-state index in [2.05, 4.69) is 4.57 Å². The molecule has 1 aromatic heterocycles. The molecule has 7 heteroatoms. The maximum absolute atomic E-state index is 12.5. The number of ketones is 1. The zero-order chi connectivity index (χ0) is 20.8. The molecule has 1 aliphatic heterocycles. The molecule has 0 aliphatic carbocycles. The summed E-state index contributed by atoms with van der Waals surface area (Å²) in [6, 6.07) is 10.4. The maximum atomic E-state index is 12.5. The predicted octanol–water partition coefficient (Wildman–Crippen LogP) is 2.96. The molecule has 0 unspecified atom stereocenters. The van der Waals surface area contributed by atoms with E-state index in [1.54, 1.807) is 24.3 Å². The van der Waals surface area contributed by atoms with Crippen LogP contribution >= 0.6 is 0 Å². The highest BCUT2D eigenvalue weighted by molar-refractivity contribution is 5.99. The molecule has 1 fully saturated rings. The first-order chi connectivity index (χ1) is 14.0. The molecule has 3 rings (SSSR count). The molecule has 7 nitrogen and oxygen atoms in total. The molecule has 0 saturated carbocycles. The molecule has 0 spiro atoms. The van der Waals surface area contributed by atoms with Crippen LogP contribution in [0.4, 0.5) is 0 Å². The molecule has 0 radical (unpaired) electrons. The second kappa shape index (κ2) is 9.39. The van der Waals surface area contributed by atoms with E-state index in [0.29, 0.717) is 16.9 Å². The first kappa shape index (κ1) is 20.6. The molecule has 29 heavy (non-hydrogen) atoms. The van der Waals surface area contributed by atoms with Crippen molar-refractivity contribution in [2.45, 2.75) is 39.3 Å². The monoisotopic (exact) mass is 396 g/mol. The molecule has 1 saturated heterocycles. The quantitative estimate of drug-likeness (QED) is 0.503. The van der Waals surface area contributed by atoms with E-state index in [1.165, 1.54) is 0 Å². The SMILES string of the molecule is Cc1cc(C(=O)COC(=O)COc2ccccc2C#N)c(C)n1C[C@@H]1CCCO1. The number of aromatic nitrogens is 1. The average Bonchev–Trinajstić information content (AvgIpc) is 3.34. The van der Waals surface area contributed by atoms with Gasteiger partial charge in [0.05, 0.1) is 11.7 Å². The fourth-order valence-corrected chi connectivity index (χ4v) is 3.44. The van der Waals surface area contributed by atoms with E-state index in [1.807, 2.05) is 26.0 Å². The number of hydrogen-bond donors (Lipinski definition) is 0. The van der Waals surface area contributed by atoms with Crippen molar-refractivity contribution in [2.75, 3.05) is 19.8 Å². The molecule has 1 aliphatic rings. The van der Waals surface area contributed by atoms with Gasteiger partial charge in [0.15, 0.2) is 13.2 Å². The van der Waals surface area contributed by atoms with Gasteiger partial charge >= 0.3 is 5.97 Å². The van der Waals surface area contributed by atoms with Crippen molar-refractivity contribution in [3.05, 3.63) is 52.8 Å². The zero-order valence-electron chi connectivity index (χ0n) is 16.6. The molecule has 1 aromatic carbocycles. The summed E-state index contributed by atoms with van der Waals surface area (Å²) in [5.74, 6) is -0.627. The molecule has 0 bridgehead atoms. The lowest BCUT2D eigenvalue weighted by Crippen LogP contribution is -2.20. The Morgan fingerprint density at radius 1 is 1.28 bits per heavy atom. The minimum absolute atomic E-state index is 0.175. The van der Waals surface area contributed by atoms with Gasteiger partial charge in [-0.05, 0) is 44.9 Å². The van der Waals surface area contributed by atoms with Gasteiger partial charge in [0, 0.05) is 30.1 Å². The van der Waals surface area contributed by atoms with E-state index in [-0.39, 0.29) is 25.1 Å². The Bertz CT molecular complexity index is 935. The van der Waals surface area contributed by atoms with Crippen LogP contribution in [0.5, 0.6) is 5.75 Å². The first-order valence-electron chi connectivity index (χ1n) is 9.58. The third-order valence-corrected chi connectivity index (χ3v) is 5.00. The van der Waals surface area contributed by atoms with E-state index < -0.39 is 5.97 Å². The van der Waals surface area contributed by atoms with Crippen molar-refractivity contribution in [1.82, 2.24) is 4.57 Å². The fraction of sp³-hybridized carbons (Fsp3) is 0.409. The molecule has 2 aromatic rings. The standard InChI is InChI=1S/C22H24N2O5/c1-15-10-19(16(2)24(15)12-18-7-5-9-27-18)20(25)13-29-22(26)14-28-21-8-4-3-6-17(21)11-23/h3-4,6,8,10,18H,5,7,9,12-14H2,1-2H3/t18-/m0/s1. The summed E-state index contributed by atoms with van der Waals surface area (Å²) in [6.45, 7) is 4.62. The van der Waals surface area contributed by atoms with Crippen LogP contribution < -0.4 is 4.74 Å². The molecular formula is C22H24N2O5. The number of Topliss-reactive ketones (excluding diaryl/α,β-unsaturated/α-hetero) is 1. The van der Waals surface area contributed by atoms with Gasteiger partial charge < -0.3 is 18.8 Å². The van der Waals surface area contributed by atoms with Gasteiger partial charge in [-0.3, -0.25) is 4.79 Å². The van der Waals surface area contributed by atoms with Gasteiger partial charge in [0.1, 0.15) is 11.8 Å². The number of ether oxygens (including phenoxy) is 3. The average molecular weight is 396 g/mol. The zero-order valence-corrected chi connectivity index (χ0v) is 16.6. The molecule has 0 amide bonds. The lowest BCUT2D eigenvalue weighted by atomic mass is 10.1. The predicted molar refractivity (Wildman–Crippen MR) is 105 cm³/mol. The second-order valence-corrected chi connectivity index (χ2v) is 7.01. The largest absolute Gasteiger partial charge is 0.481 e. The number of rotatable bonds is 8. The number of esters is 1. The number of nitrogens with zero attached hydrogens (tertiary/aromatic N) is 2. The van der Waals surface area contributed by atoms with Gasteiger partial charge in [0.2, 0.25) is 5.78 Å². The highest BCUT2D eigenvalue weighted by Gasteiger charge is 2.21. The lowest BCUT2D eigenvalue weighted by molar-refractivity contribution is -0.144. The van der Waals surface area contributed by atoms with Crippen molar-refractivity contribution >= 4 is 11.8 Å². The van der Waals surface area contributed by atoms with Gasteiger partial charge in [-0.25, -0.2) is 4.79 Å². The molecule has 1 atom stereocenters. The second-order valence-electron chi connectivity index (χ2n) is 7.01. The van der Waals surface area contributed by atoms with E-state index in [4.69, 9.17) is 19.5 Å². The number of benzene rings is 1.